The number of fused-ring (bicyclic) bond motifs is 1. The molecule has 1 saturated heterocycles. The van der Waals surface area contributed by atoms with Crippen LogP contribution < -0.4 is 29.1 Å². The normalized spacial score (nSPS) is 23.7. The number of amides is 2. The molecule has 2 heterocycles. The third kappa shape index (κ3) is 5.84. The molecule has 12 nitrogen and oxygen atoms in total. The lowest BCUT2D eigenvalue weighted by molar-refractivity contribution is -0.953. The number of aliphatic hydroxyl groups excluding tert-OH is 1. The van der Waals surface area contributed by atoms with E-state index >= 15 is 4.79 Å². The van der Waals surface area contributed by atoms with E-state index in [1.54, 1.807) is 32.3 Å². The van der Waals surface area contributed by atoms with Gasteiger partial charge in [0.25, 0.3) is 15.9 Å². The van der Waals surface area contributed by atoms with Crippen LogP contribution in [0, 0.1) is 0 Å². The summed E-state index contributed by atoms with van der Waals surface area (Å²) in [5.41, 5.74) is -1.60. The van der Waals surface area contributed by atoms with Gasteiger partial charge in [0.05, 0.1) is 38.1 Å². The molecule has 2 unspecified atom stereocenters. The minimum atomic E-state index is -5.31. The number of benzene rings is 3. The molecule has 0 spiro atoms. The number of halogens is 4. The Hall–Kier alpha value is -4.09. The van der Waals surface area contributed by atoms with Crippen molar-refractivity contribution in [1.82, 2.24) is 10.6 Å². The maximum absolute atomic E-state index is 15.5. The molecule has 17 heteroatoms. The Balaban J connectivity index is 1.92. The van der Waals surface area contributed by atoms with Crippen LogP contribution in [0.25, 0.3) is 0 Å². The highest BCUT2D eigenvalue weighted by Crippen LogP contribution is 2.58. The second-order valence-corrected chi connectivity index (χ2v) is 14.0. The van der Waals surface area contributed by atoms with Crippen LogP contribution in [0.5, 0.6) is 17.2 Å². The summed E-state index contributed by atoms with van der Waals surface area (Å²) in [4.78, 5) is 28.1. The first-order chi connectivity index (χ1) is 23.0. The number of alkyl halides is 3. The van der Waals surface area contributed by atoms with E-state index in [-0.39, 0.29) is 46.3 Å². The number of likely N-dealkylation sites (tertiary alicyclic amines) is 1. The number of nitrogens with zero attached hydrogens (tertiary/aromatic N) is 2. The highest BCUT2D eigenvalue weighted by molar-refractivity contribution is 7.93. The van der Waals surface area contributed by atoms with Crippen LogP contribution >= 0.6 is 11.6 Å². The highest BCUT2D eigenvalue weighted by Gasteiger charge is 2.72. The SMILES string of the molecule is CNCc1ccc(OC)c(C2([N+]3(C)C[C@H](O)C[C@H]3C(=O)NC)C(=O)N(S(=O)(=O)c3ccc(OC)cc3OC(F)(F)F)c3ccc(Cl)cc32)c1. The van der Waals surface area contributed by atoms with Crippen LogP contribution in [0.4, 0.5) is 18.9 Å². The predicted molar refractivity (Wildman–Crippen MR) is 172 cm³/mol. The third-order valence-corrected chi connectivity index (χ3v) is 11.1. The number of ether oxygens (including phenoxy) is 3. The van der Waals surface area contributed by atoms with Crippen molar-refractivity contribution in [3.05, 3.63) is 76.3 Å². The fourth-order valence-corrected chi connectivity index (χ4v) is 8.86. The molecule has 2 aliphatic heterocycles. The van der Waals surface area contributed by atoms with Crippen molar-refractivity contribution in [2.75, 3.05) is 46.2 Å². The first kappa shape index (κ1) is 36.2. The van der Waals surface area contributed by atoms with Gasteiger partial charge < -0.3 is 30.0 Å². The lowest BCUT2D eigenvalue weighted by Gasteiger charge is -2.48. The molecular formula is C32H35ClF3N4O8S+. The van der Waals surface area contributed by atoms with Gasteiger partial charge in [-0.15, -0.1) is 13.2 Å². The molecule has 264 valence electrons. The Morgan fingerprint density at radius 2 is 1.78 bits per heavy atom. The number of aliphatic hydroxyl groups is 1. The van der Waals surface area contributed by atoms with Gasteiger partial charge in [0.15, 0.2) is 11.8 Å². The number of likely N-dealkylation sites (N-methyl/N-ethyl adjacent to an activating group) is 2. The summed E-state index contributed by atoms with van der Waals surface area (Å²) in [5, 5.41) is 16.8. The van der Waals surface area contributed by atoms with Crippen molar-refractivity contribution in [3.8, 4) is 17.2 Å². The summed E-state index contributed by atoms with van der Waals surface area (Å²) in [6, 6.07) is 10.5. The summed E-state index contributed by atoms with van der Waals surface area (Å²) in [5.74, 6) is -2.83. The van der Waals surface area contributed by atoms with Crippen molar-refractivity contribution < 1.29 is 55.0 Å². The summed E-state index contributed by atoms with van der Waals surface area (Å²) in [6.45, 7) is 0.0922. The third-order valence-electron chi connectivity index (χ3n) is 9.08. The van der Waals surface area contributed by atoms with Crippen LogP contribution in [-0.4, -0.2) is 90.2 Å². The van der Waals surface area contributed by atoms with E-state index in [0.717, 1.165) is 18.2 Å². The zero-order valence-corrected chi connectivity index (χ0v) is 28.7. The number of nitrogens with one attached hydrogen (secondary N) is 2. The van der Waals surface area contributed by atoms with E-state index in [2.05, 4.69) is 15.4 Å². The van der Waals surface area contributed by atoms with E-state index < -0.39 is 61.0 Å². The number of carbonyl (C=O) groups excluding carboxylic acids is 2. The second-order valence-electron chi connectivity index (χ2n) is 11.8. The van der Waals surface area contributed by atoms with Gasteiger partial charge in [-0.25, -0.2) is 8.42 Å². The monoisotopic (exact) mass is 727 g/mol. The first-order valence-corrected chi connectivity index (χ1v) is 16.7. The van der Waals surface area contributed by atoms with Crippen LogP contribution in [0.1, 0.15) is 23.1 Å². The smallest absolute Gasteiger partial charge is 0.497 e. The number of hydrogen-bond donors (Lipinski definition) is 3. The molecule has 2 aliphatic rings. The second kappa shape index (κ2) is 13.0. The van der Waals surface area contributed by atoms with Crippen molar-refractivity contribution in [2.45, 2.75) is 41.9 Å². The fraction of sp³-hybridized carbons (Fsp3) is 0.375. The maximum atomic E-state index is 15.5. The molecule has 3 aromatic rings. The quantitative estimate of drug-likeness (QED) is 0.268. The molecule has 49 heavy (non-hydrogen) atoms. The topological polar surface area (TPSA) is 143 Å². The Morgan fingerprint density at radius 3 is 2.39 bits per heavy atom. The number of quaternary nitrogens is 1. The van der Waals surface area contributed by atoms with Crippen LogP contribution in [0.3, 0.4) is 0 Å². The molecule has 1 fully saturated rings. The minimum Gasteiger partial charge on any atom is -0.497 e. The van der Waals surface area contributed by atoms with Crippen molar-refractivity contribution >= 4 is 39.1 Å². The molecular weight excluding hydrogens is 693 g/mol. The Bertz CT molecular complexity index is 1910. The van der Waals surface area contributed by atoms with Crippen molar-refractivity contribution in [3.63, 3.8) is 0 Å². The minimum absolute atomic E-state index is 0.0192. The molecule has 2 amide bonds. The number of carbonyl (C=O) groups is 2. The number of methoxy groups -OCH3 is 2. The Morgan fingerprint density at radius 1 is 1.06 bits per heavy atom. The summed E-state index contributed by atoms with van der Waals surface area (Å²) < 4.78 is 85.0. The fourth-order valence-electron chi connectivity index (χ4n) is 7.13. The van der Waals surface area contributed by atoms with Crippen LogP contribution in [-0.2, 0) is 31.7 Å². The lowest BCUT2D eigenvalue weighted by Crippen LogP contribution is -2.69. The van der Waals surface area contributed by atoms with E-state index in [4.69, 9.17) is 21.1 Å². The molecule has 3 N–H and O–H groups in total. The summed E-state index contributed by atoms with van der Waals surface area (Å²) in [7, 11) is 1.92. The Labute approximate surface area is 285 Å². The zero-order chi connectivity index (χ0) is 36.1. The average molecular weight is 728 g/mol. The number of hydrogen-bond acceptors (Lipinski definition) is 9. The first-order valence-electron chi connectivity index (χ1n) is 14.9. The van der Waals surface area contributed by atoms with E-state index in [0.29, 0.717) is 16.4 Å². The van der Waals surface area contributed by atoms with Gasteiger partial charge in [0, 0.05) is 31.1 Å². The number of anilines is 1. The van der Waals surface area contributed by atoms with Crippen molar-refractivity contribution in [2.24, 2.45) is 0 Å². The van der Waals surface area contributed by atoms with Gasteiger partial charge in [0.1, 0.15) is 29.0 Å². The number of sulfonamides is 1. The van der Waals surface area contributed by atoms with Gasteiger partial charge in [-0.05, 0) is 55.1 Å². The number of rotatable bonds is 10. The van der Waals surface area contributed by atoms with Gasteiger partial charge in [-0.1, -0.05) is 17.7 Å². The predicted octanol–water partition coefficient (Wildman–Crippen LogP) is 3.28. The van der Waals surface area contributed by atoms with Crippen molar-refractivity contribution in [1.29, 1.82) is 0 Å². The molecule has 3 aromatic carbocycles. The maximum Gasteiger partial charge on any atom is 0.573 e. The average Bonchev–Trinajstić information content (AvgIpc) is 3.50. The van der Waals surface area contributed by atoms with Gasteiger partial charge in [-0.3, -0.25) is 14.1 Å². The molecule has 0 radical (unpaired) electrons. The van der Waals surface area contributed by atoms with Crippen LogP contribution in [0.2, 0.25) is 5.02 Å². The van der Waals surface area contributed by atoms with Gasteiger partial charge >= 0.3 is 12.3 Å². The standard InChI is InChI=1S/C32H34ClF3N4O8S/c1-37-16-18-6-10-26(47-5)23(12-18)31(40(3)17-20(41)14-25(40)29(42)38-2)22-13-19(33)7-9-24(22)39(30(31)43)49(44,45)28-11-8-21(46-4)15-27(28)48-32(34,35)36/h6-13,15,20,25,37,41H,14,16-17H2,1-5H3/p+1/t20-,25+,31?,40?/m1/s1. The molecule has 0 aromatic heterocycles. The van der Waals surface area contributed by atoms with Gasteiger partial charge in [0.2, 0.25) is 5.54 Å². The summed E-state index contributed by atoms with van der Waals surface area (Å²) in [6.07, 6.45) is -6.54. The lowest BCUT2D eigenvalue weighted by atomic mass is 9.78. The van der Waals surface area contributed by atoms with Crippen LogP contribution in [0.15, 0.2) is 59.5 Å². The molecule has 5 rings (SSSR count). The van der Waals surface area contributed by atoms with E-state index in [1.165, 1.54) is 39.5 Å². The Kier molecular flexibility index (Phi) is 9.59. The molecule has 0 bridgehead atoms. The summed E-state index contributed by atoms with van der Waals surface area (Å²) >= 11 is 6.54. The molecule has 0 aliphatic carbocycles. The van der Waals surface area contributed by atoms with Gasteiger partial charge in [-0.2, -0.15) is 4.31 Å². The van der Waals surface area contributed by atoms with E-state index in [9.17, 15) is 31.5 Å². The highest BCUT2D eigenvalue weighted by atomic mass is 35.5. The zero-order valence-electron chi connectivity index (χ0n) is 27.1. The molecule has 4 atom stereocenters. The van der Waals surface area contributed by atoms with E-state index in [1.807, 2.05) is 0 Å². The molecule has 0 saturated carbocycles. The largest absolute Gasteiger partial charge is 0.573 e.